The molecule has 1 aromatic heterocycles. The molecule has 0 fully saturated rings. The number of aromatic nitrogens is 3. The number of rotatable bonds is 1. The van der Waals surface area contributed by atoms with E-state index in [4.69, 9.17) is 28.9 Å². The van der Waals surface area contributed by atoms with Crippen LogP contribution >= 0.6 is 23.2 Å². The molecule has 20 heavy (non-hydrogen) atoms. The van der Waals surface area contributed by atoms with Crippen LogP contribution in [0.4, 0.5) is 5.95 Å². The first kappa shape index (κ1) is 12.8. The van der Waals surface area contributed by atoms with Crippen LogP contribution < -0.4 is 11.1 Å². The molecule has 1 aromatic carbocycles. The van der Waals surface area contributed by atoms with Crippen molar-refractivity contribution in [2.45, 2.75) is 6.04 Å². The average Bonchev–Trinajstić information content (AvgIpc) is 2.90. The van der Waals surface area contributed by atoms with Crippen molar-refractivity contribution >= 4 is 35.0 Å². The van der Waals surface area contributed by atoms with Gasteiger partial charge in [0.15, 0.2) is 0 Å². The number of fused-ring (bicyclic) bond motifs is 1. The highest BCUT2D eigenvalue weighted by atomic mass is 35.5. The van der Waals surface area contributed by atoms with Crippen molar-refractivity contribution in [3.63, 3.8) is 0 Å². The molecule has 8 heteroatoms. The minimum atomic E-state index is -0.511. The van der Waals surface area contributed by atoms with Crippen molar-refractivity contribution in [2.24, 2.45) is 5.73 Å². The van der Waals surface area contributed by atoms with E-state index in [0.717, 1.165) is 0 Å². The number of hydrogen-bond donors (Lipinski definition) is 2. The lowest BCUT2D eigenvalue weighted by Gasteiger charge is -2.26. The Morgan fingerprint density at radius 1 is 1.40 bits per heavy atom. The van der Waals surface area contributed by atoms with Crippen molar-refractivity contribution in [3.05, 3.63) is 45.7 Å². The topological polar surface area (TPSA) is 92.5 Å². The van der Waals surface area contributed by atoms with Gasteiger partial charge in [0.2, 0.25) is 5.95 Å². The number of benzene rings is 1. The van der Waals surface area contributed by atoms with E-state index in [1.807, 2.05) is 0 Å². The summed E-state index contributed by atoms with van der Waals surface area (Å²) >= 11 is 12.2. The minimum absolute atomic E-state index is 0.222. The van der Waals surface area contributed by atoms with E-state index in [0.29, 0.717) is 27.1 Å². The molecule has 1 aliphatic heterocycles. The fraction of sp³-hybridized carbons (Fsp3) is 0.0833. The molecule has 2 heterocycles. The predicted molar refractivity (Wildman–Crippen MR) is 75.9 cm³/mol. The Morgan fingerprint density at radius 3 is 2.95 bits per heavy atom. The number of halogens is 2. The van der Waals surface area contributed by atoms with Gasteiger partial charge in [-0.05, 0) is 11.6 Å². The Hall–Kier alpha value is -2.23. The smallest absolute Gasteiger partial charge is 0.228 e. The SMILES string of the molecule is N#CC1=C(N)n2ncnc2NC1c1cccc(Cl)c1Cl. The van der Waals surface area contributed by atoms with E-state index >= 15 is 0 Å². The van der Waals surface area contributed by atoms with Gasteiger partial charge in [0.25, 0.3) is 0 Å². The first-order valence-corrected chi connectivity index (χ1v) is 6.39. The first-order chi connectivity index (χ1) is 9.63. The van der Waals surface area contributed by atoms with Crippen LogP contribution in [0.1, 0.15) is 11.6 Å². The second-order valence-electron chi connectivity index (χ2n) is 4.13. The largest absolute Gasteiger partial charge is 0.383 e. The number of hydrogen-bond acceptors (Lipinski definition) is 5. The number of nitrogens with one attached hydrogen (secondary N) is 1. The molecule has 100 valence electrons. The lowest BCUT2D eigenvalue weighted by Crippen LogP contribution is -2.27. The van der Waals surface area contributed by atoms with Gasteiger partial charge >= 0.3 is 0 Å². The predicted octanol–water partition coefficient (Wildman–Crippen LogP) is 2.40. The molecule has 0 amide bonds. The summed E-state index contributed by atoms with van der Waals surface area (Å²) in [6, 6.07) is 6.79. The summed E-state index contributed by atoms with van der Waals surface area (Å²) in [4.78, 5) is 4.04. The molecule has 0 radical (unpaired) electrons. The summed E-state index contributed by atoms with van der Waals surface area (Å²) in [6.45, 7) is 0. The highest BCUT2D eigenvalue weighted by molar-refractivity contribution is 6.42. The summed E-state index contributed by atoms with van der Waals surface area (Å²) in [5, 5.41) is 17.2. The van der Waals surface area contributed by atoms with Gasteiger partial charge < -0.3 is 11.1 Å². The van der Waals surface area contributed by atoms with Crippen LogP contribution in [0, 0.1) is 11.3 Å². The maximum Gasteiger partial charge on any atom is 0.228 e. The summed E-state index contributed by atoms with van der Waals surface area (Å²) in [5.41, 5.74) is 6.94. The van der Waals surface area contributed by atoms with Gasteiger partial charge in [-0.3, -0.25) is 0 Å². The lowest BCUT2D eigenvalue weighted by atomic mass is 9.98. The van der Waals surface area contributed by atoms with Gasteiger partial charge in [-0.25, -0.2) is 0 Å². The quantitative estimate of drug-likeness (QED) is 0.844. The van der Waals surface area contributed by atoms with Crippen LogP contribution in [0.25, 0.3) is 5.82 Å². The molecule has 0 aliphatic carbocycles. The monoisotopic (exact) mass is 306 g/mol. The first-order valence-electron chi connectivity index (χ1n) is 5.64. The van der Waals surface area contributed by atoms with E-state index in [2.05, 4.69) is 21.5 Å². The second-order valence-corrected chi connectivity index (χ2v) is 4.91. The summed E-state index contributed by atoms with van der Waals surface area (Å²) in [7, 11) is 0. The number of nitrogens with two attached hydrogens (primary N) is 1. The van der Waals surface area contributed by atoms with Gasteiger partial charge in [-0.1, -0.05) is 35.3 Å². The van der Waals surface area contributed by atoms with Crippen molar-refractivity contribution < 1.29 is 0 Å². The fourth-order valence-corrected chi connectivity index (χ4v) is 2.49. The van der Waals surface area contributed by atoms with Crippen LogP contribution in [0.3, 0.4) is 0 Å². The lowest BCUT2D eigenvalue weighted by molar-refractivity contribution is 0.795. The summed E-state index contributed by atoms with van der Waals surface area (Å²) in [6.07, 6.45) is 1.35. The molecule has 1 atom stereocenters. The van der Waals surface area contributed by atoms with Crippen LogP contribution in [-0.2, 0) is 0 Å². The highest BCUT2D eigenvalue weighted by Gasteiger charge is 2.30. The van der Waals surface area contributed by atoms with Crippen LogP contribution in [-0.4, -0.2) is 14.8 Å². The third-order valence-electron chi connectivity index (χ3n) is 3.03. The van der Waals surface area contributed by atoms with Gasteiger partial charge in [0.1, 0.15) is 18.2 Å². The van der Waals surface area contributed by atoms with Crippen LogP contribution in [0.2, 0.25) is 10.0 Å². The Labute approximate surface area is 124 Å². The van der Waals surface area contributed by atoms with E-state index in [9.17, 15) is 5.26 Å². The molecule has 3 N–H and O–H groups in total. The maximum absolute atomic E-state index is 9.35. The second kappa shape index (κ2) is 4.71. The van der Waals surface area contributed by atoms with Crippen LogP contribution in [0.5, 0.6) is 0 Å². The van der Waals surface area contributed by atoms with Crippen molar-refractivity contribution in [1.82, 2.24) is 14.8 Å². The van der Waals surface area contributed by atoms with Gasteiger partial charge in [-0.2, -0.15) is 20.0 Å². The van der Waals surface area contributed by atoms with Crippen LogP contribution in [0.15, 0.2) is 30.1 Å². The third-order valence-corrected chi connectivity index (χ3v) is 3.86. The van der Waals surface area contributed by atoms with E-state index in [-0.39, 0.29) is 5.82 Å². The van der Waals surface area contributed by atoms with Gasteiger partial charge in [-0.15, -0.1) is 0 Å². The zero-order valence-electron chi connectivity index (χ0n) is 10.0. The highest BCUT2D eigenvalue weighted by Crippen LogP contribution is 2.38. The Kier molecular flexibility index (Phi) is 3.01. The van der Waals surface area contributed by atoms with Gasteiger partial charge in [0.05, 0.1) is 21.7 Å². The molecular formula is C12H8Cl2N6. The summed E-state index contributed by atoms with van der Waals surface area (Å²) < 4.78 is 1.37. The van der Waals surface area contributed by atoms with E-state index in [1.54, 1.807) is 18.2 Å². The Bertz CT molecular complexity index is 758. The maximum atomic E-state index is 9.35. The van der Waals surface area contributed by atoms with Crippen molar-refractivity contribution in [2.75, 3.05) is 5.32 Å². The standard InChI is InChI=1S/C12H8Cl2N6/c13-8-3-1-2-6(9(8)14)10-7(4-15)11(16)20-12(19-10)17-5-18-20/h1-3,5,10H,16H2,(H,17,18,19). The molecule has 1 unspecified atom stereocenters. The molecule has 2 aromatic rings. The zero-order chi connectivity index (χ0) is 14.3. The van der Waals surface area contributed by atoms with E-state index in [1.165, 1.54) is 11.0 Å². The molecule has 0 bridgehead atoms. The average molecular weight is 307 g/mol. The Morgan fingerprint density at radius 2 is 2.20 bits per heavy atom. The fourth-order valence-electron chi connectivity index (χ4n) is 2.08. The molecule has 0 saturated carbocycles. The molecule has 0 spiro atoms. The number of anilines is 1. The number of nitrogens with zero attached hydrogens (tertiary/aromatic N) is 4. The molecule has 6 nitrogen and oxygen atoms in total. The normalized spacial score (nSPS) is 17.4. The van der Waals surface area contributed by atoms with Crippen molar-refractivity contribution in [3.8, 4) is 6.07 Å². The minimum Gasteiger partial charge on any atom is -0.383 e. The molecule has 1 aliphatic rings. The third kappa shape index (κ3) is 1.80. The molecule has 3 rings (SSSR count). The van der Waals surface area contributed by atoms with Gasteiger partial charge in [0, 0.05) is 0 Å². The molecular weight excluding hydrogens is 299 g/mol. The number of nitriles is 1. The zero-order valence-corrected chi connectivity index (χ0v) is 11.5. The van der Waals surface area contributed by atoms with Crippen molar-refractivity contribution in [1.29, 1.82) is 5.26 Å². The van der Waals surface area contributed by atoms with E-state index < -0.39 is 6.04 Å². The Balaban J connectivity index is 2.18. The summed E-state index contributed by atoms with van der Waals surface area (Å²) in [5.74, 6) is 0.669. The molecule has 0 saturated heterocycles.